The lowest BCUT2D eigenvalue weighted by molar-refractivity contribution is 0.0883. The first-order valence-electron chi connectivity index (χ1n) is 10.9. The molecule has 0 aromatic heterocycles. The highest BCUT2D eigenvalue weighted by Crippen LogP contribution is 2.21. The second kappa shape index (κ2) is 11.6. The van der Waals surface area contributed by atoms with Crippen LogP contribution in [0.3, 0.4) is 0 Å². The van der Waals surface area contributed by atoms with Crippen LogP contribution >= 0.6 is 23.2 Å². The highest BCUT2D eigenvalue weighted by molar-refractivity contribution is 6.31. The van der Waals surface area contributed by atoms with E-state index in [4.69, 9.17) is 27.9 Å². The minimum atomic E-state index is -0.818. The Kier molecular flexibility index (Phi) is 8.03. The molecule has 0 aliphatic carbocycles. The van der Waals surface area contributed by atoms with E-state index in [-0.39, 0.29) is 11.8 Å². The van der Waals surface area contributed by atoms with Gasteiger partial charge in [-0.2, -0.15) is 0 Å². The third-order valence-electron chi connectivity index (χ3n) is 5.20. The first kappa shape index (κ1) is 24.3. The number of benzene rings is 4. The predicted molar refractivity (Wildman–Crippen MR) is 138 cm³/mol. The summed E-state index contributed by atoms with van der Waals surface area (Å²) in [5, 5.41) is 6.82. The van der Waals surface area contributed by atoms with Crippen LogP contribution in [0.2, 0.25) is 10.0 Å². The van der Waals surface area contributed by atoms with Crippen molar-refractivity contribution in [3.8, 4) is 5.75 Å². The van der Waals surface area contributed by atoms with Crippen molar-refractivity contribution in [2.75, 3.05) is 0 Å². The van der Waals surface area contributed by atoms with E-state index in [2.05, 4.69) is 10.6 Å². The third-order valence-corrected chi connectivity index (χ3v) is 5.71. The smallest absolute Gasteiger partial charge is 0.253 e. The van der Waals surface area contributed by atoms with Gasteiger partial charge >= 0.3 is 0 Å². The molecule has 0 atom stereocenters. The van der Waals surface area contributed by atoms with Gasteiger partial charge in [-0.05, 0) is 71.8 Å². The number of halogens is 2. The van der Waals surface area contributed by atoms with Crippen LogP contribution < -0.4 is 15.4 Å². The highest BCUT2D eigenvalue weighted by atomic mass is 35.5. The molecule has 0 spiro atoms. The lowest BCUT2D eigenvalue weighted by Gasteiger charge is -2.22. The summed E-state index contributed by atoms with van der Waals surface area (Å²) >= 11 is 11.9. The summed E-state index contributed by atoms with van der Waals surface area (Å²) in [4.78, 5) is 25.9. The standard InChI is InChI=1S/C28H22Cl2N2O3/c29-23-13-9-20(10-14-23)27(33)31-26(32-28(34)21-11-15-24(30)16-12-21)22-7-4-8-25(17-22)35-18-19-5-2-1-3-6-19/h1-17,26H,18H2,(H,31,33)(H,32,34). The number of hydrogen-bond acceptors (Lipinski definition) is 3. The molecule has 0 bridgehead atoms. The number of carbonyl (C=O) groups is 2. The van der Waals surface area contributed by atoms with Crippen LogP contribution in [0.1, 0.15) is 38.0 Å². The Bertz CT molecular complexity index is 1230. The van der Waals surface area contributed by atoms with Gasteiger partial charge in [0, 0.05) is 21.2 Å². The molecule has 4 aromatic rings. The number of hydrogen-bond donors (Lipinski definition) is 2. The van der Waals surface area contributed by atoms with Crippen LogP contribution in [0.25, 0.3) is 0 Å². The average Bonchev–Trinajstić information content (AvgIpc) is 2.88. The summed E-state index contributed by atoms with van der Waals surface area (Å²) in [6.45, 7) is 0.392. The van der Waals surface area contributed by atoms with Crippen molar-refractivity contribution < 1.29 is 14.3 Å². The van der Waals surface area contributed by atoms with E-state index in [0.717, 1.165) is 5.56 Å². The van der Waals surface area contributed by atoms with E-state index < -0.39 is 6.17 Å². The van der Waals surface area contributed by atoms with Crippen molar-refractivity contribution >= 4 is 35.0 Å². The molecular weight excluding hydrogens is 483 g/mol. The molecule has 35 heavy (non-hydrogen) atoms. The molecule has 4 rings (SSSR count). The molecule has 0 aliphatic heterocycles. The summed E-state index contributed by atoms with van der Waals surface area (Å²) < 4.78 is 5.93. The van der Waals surface area contributed by atoms with Gasteiger partial charge in [-0.15, -0.1) is 0 Å². The molecular formula is C28H22Cl2N2O3. The normalized spacial score (nSPS) is 10.6. The lowest BCUT2D eigenvalue weighted by Crippen LogP contribution is -2.41. The molecule has 2 amide bonds. The van der Waals surface area contributed by atoms with E-state index in [9.17, 15) is 9.59 Å². The van der Waals surface area contributed by atoms with Crippen LogP contribution in [0.4, 0.5) is 0 Å². The molecule has 0 fully saturated rings. The number of carbonyl (C=O) groups excluding carboxylic acids is 2. The van der Waals surface area contributed by atoms with E-state index in [1.54, 1.807) is 54.6 Å². The second-order valence-electron chi connectivity index (χ2n) is 7.74. The fourth-order valence-electron chi connectivity index (χ4n) is 3.36. The van der Waals surface area contributed by atoms with Crippen LogP contribution in [0, 0.1) is 0 Å². The van der Waals surface area contributed by atoms with Crippen molar-refractivity contribution in [2.45, 2.75) is 12.8 Å². The van der Waals surface area contributed by atoms with Crippen molar-refractivity contribution in [1.29, 1.82) is 0 Å². The zero-order chi connectivity index (χ0) is 24.6. The predicted octanol–water partition coefficient (Wildman–Crippen LogP) is 6.43. The van der Waals surface area contributed by atoms with Gasteiger partial charge in [0.15, 0.2) is 0 Å². The fraction of sp³-hybridized carbons (Fsp3) is 0.0714. The van der Waals surface area contributed by atoms with E-state index in [1.807, 2.05) is 48.5 Å². The average molecular weight is 505 g/mol. The number of rotatable bonds is 8. The van der Waals surface area contributed by atoms with Crippen molar-refractivity contribution in [3.05, 3.63) is 135 Å². The van der Waals surface area contributed by atoms with Crippen molar-refractivity contribution in [2.24, 2.45) is 0 Å². The minimum absolute atomic E-state index is 0.362. The number of ether oxygens (including phenoxy) is 1. The van der Waals surface area contributed by atoms with E-state index in [0.29, 0.717) is 39.1 Å². The molecule has 176 valence electrons. The topological polar surface area (TPSA) is 67.4 Å². The summed E-state index contributed by atoms with van der Waals surface area (Å²) in [6, 6.07) is 30.1. The second-order valence-corrected chi connectivity index (χ2v) is 8.61. The summed E-state index contributed by atoms with van der Waals surface area (Å²) in [6.07, 6.45) is -0.818. The largest absolute Gasteiger partial charge is 0.489 e. The van der Waals surface area contributed by atoms with Gasteiger partial charge in [-0.1, -0.05) is 65.7 Å². The summed E-state index contributed by atoms with van der Waals surface area (Å²) in [5.41, 5.74) is 2.51. The summed E-state index contributed by atoms with van der Waals surface area (Å²) in [5.74, 6) is -0.116. The van der Waals surface area contributed by atoms with Crippen LogP contribution in [-0.4, -0.2) is 11.8 Å². The zero-order valence-electron chi connectivity index (χ0n) is 18.6. The number of nitrogens with one attached hydrogen (secondary N) is 2. The molecule has 0 saturated carbocycles. The lowest BCUT2D eigenvalue weighted by atomic mass is 10.1. The molecule has 0 radical (unpaired) electrons. The van der Waals surface area contributed by atoms with Gasteiger partial charge in [-0.25, -0.2) is 0 Å². The molecule has 0 aliphatic rings. The number of amides is 2. The monoisotopic (exact) mass is 504 g/mol. The Hall–Kier alpha value is -3.80. The first-order valence-corrected chi connectivity index (χ1v) is 11.6. The van der Waals surface area contributed by atoms with Gasteiger partial charge < -0.3 is 15.4 Å². The Morgan fingerprint density at radius 1 is 0.686 bits per heavy atom. The molecule has 0 unspecified atom stereocenters. The molecule has 0 heterocycles. The van der Waals surface area contributed by atoms with Gasteiger partial charge in [0.2, 0.25) is 0 Å². The molecule has 0 saturated heterocycles. The fourth-order valence-corrected chi connectivity index (χ4v) is 3.61. The SMILES string of the molecule is O=C(NC(NC(=O)c1ccc(Cl)cc1)c1cccc(OCc2ccccc2)c1)c1ccc(Cl)cc1. The third kappa shape index (κ3) is 6.85. The maximum atomic E-state index is 12.9. The Labute approximate surface area is 213 Å². The van der Waals surface area contributed by atoms with Crippen LogP contribution in [0.5, 0.6) is 5.75 Å². The van der Waals surface area contributed by atoms with Gasteiger partial charge in [-0.3, -0.25) is 9.59 Å². The van der Waals surface area contributed by atoms with Gasteiger partial charge in [0.25, 0.3) is 11.8 Å². The van der Waals surface area contributed by atoms with Gasteiger partial charge in [0.05, 0.1) is 0 Å². The van der Waals surface area contributed by atoms with Gasteiger partial charge in [0.1, 0.15) is 18.5 Å². The van der Waals surface area contributed by atoms with E-state index >= 15 is 0 Å². The Morgan fingerprint density at radius 2 is 1.23 bits per heavy atom. The highest BCUT2D eigenvalue weighted by Gasteiger charge is 2.20. The minimum Gasteiger partial charge on any atom is -0.489 e. The summed E-state index contributed by atoms with van der Waals surface area (Å²) in [7, 11) is 0. The maximum absolute atomic E-state index is 12.9. The van der Waals surface area contributed by atoms with Crippen molar-refractivity contribution in [1.82, 2.24) is 10.6 Å². The van der Waals surface area contributed by atoms with E-state index in [1.165, 1.54) is 0 Å². The maximum Gasteiger partial charge on any atom is 0.253 e. The Morgan fingerprint density at radius 3 is 1.77 bits per heavy atom. The quantitative estimate of drug-likeness (QED) is 0.271. The van der Waals surface area contributed by atoms with Crippen molar-refractivity contribution in [3.63, 3.8) is 0 Å². The molecule has 4 aromatic carbocycles. The molecule has 5 nitrogen and oxygen atoms in total. The Balaban J connectivity index is 1.56. The molecule has 2 N–H and O–H groups in total. The molecule has 7 heteroatoms. The van der Waals surface area contributed by atoms with Crippen LogP contribution in [-0.2, 0) is 6.61 Å². The first-order chi connectivity index (χ1) is 17.0. The van der Waals surface area contributed by atoms with Crippen LogP contribution in [0.15, 0.2) is 103 Å². The zero-order valence-corrected chi connectivity index (χ0v) is 20.1.